The molecule has 2 heterocycles. The van der Waals surface area contributed by atoms with Crippen LogP contribution in [-0.4, -0.2) is 28.0 Å². The SMILES string of the molecule is CC(C)Oc1ccccc1Nc1ncc(C(=O)N2c3ccccc3CC2C)cn1. The predicted molar refractivity (Wildman–Crippen MR) is 114 cm³/mol. The lowest BCUT2D eigenvalue weighted by molar-refractivity contribution is 0.0981. The molecular formula is C23H24N4O2. The molecule has 0 saturated carbocycles. The van der Waals surface area contributed by atoms with Gasteiger partial charge in [0.2, 0.25) is 5.95 Å². The van der Waals surface area contributed by atoms with Crippen LogP contribution >= 0.6 is 0 Å². The van der Waals surface area contributed by atoms with Crippen molar-refractivity contribution in [1.29, 1.82) is 0 Å². The molecule has 148 valence electrons. The third-order valence-corrected chi connectivity index (χ3v) is 4.82. The summed E-state index contributed by atoms with van der Waals surface area (Å²) in [5.41, 5.74) is 3.40. The van der Waals surface area contributed by atoms with Gasteiger partial charge >= 0.3 is 0 Å². The van der Waals surface area contributed by atoms with E-state index < -0.39 is 0 Å². The number of fused-ring (bicyclic) bond motifs is 1. The Bertz CT molecular complexity index is 1020. The maximum Gasteiger partial charge on any atom is 0.261 e. The summed E-state index contributed by atoms with van der Waals surface area (Å²) < 4.78 is 5.81. The third-order valence-electron chi connectivity index (χ3n) is 4.82. The number of aromatic nitrogens is 2. The van der Waals surface area contributed by atoms with Crippen LogP contribution in [0.5, 0.6) is 5.75 Å². The van der Waals surface area contributed by atoms with Gasteiger partial charge in [0.25, 0.3) is 5.91 Å². The number of nitrogens with one attached hydrogen (secondary N) is 1. The first kappa shape index (κ1) is 18.9. The van der Waals surface area contributed by atoms with E-state index in [0.29, 0.717) is 11.5 Å². The minimum absolute atomic E-state index is 0.0594. The second-order valence-corrected chi connectivity index (χ2v) is 7.44. The van der Waals surface area contributed by atoms with E-state index in [2.05, 4.69) is 28.3 Å². The summed E-state index contributed by atoms with van der Waals surface area (Å²) in [6, 6.07) is 15.8. The van der Waals surface area contributed by atoms with Gasteiger partial charge < -0.3 is 15.0 Å². The van der Waals surface area contributed by atoms with E-state index in [4.69, 9.17) is 4.74 Å². The molecule has 1 amide bonds. The van der Waals surface area contributed by atoms with E-state index in [1.54, 1.807) is 12.4 Å². The Morgan fingerprint density at radius 2 is 1.79 bits per heavy atom. The number of carbonyl (C=O) groups is 1. The standard InChI is InChI=1S/C23H24N4O2/c1-15(2)29-21-11-7-5-9-19(21)26-23-24-13-18(14-25-23)22(28)27-16(3)12-17-8-4-6-10-20(17)27/h4-11,13-16H,12H2,1-3H3,(H,24,25,26). The molecule has 1 unspecified atom stereocenters. The lowest BCUT2D eigenvalue weighted by Gasteiger charge is -2.22. The molecule has 4 rings (SSSR count). The van der Waals surface area contributed by atoms with Crippen molar-refractivity contribution in [3.8, 4) is 5.75 Å². The second-order valence-electron chi connectivity index (χ2n) is 7.44. The highest BCUT2D eigenvalue weighted by molar-refractivity contribution is 6.07. The molecule has 0 fully saturated rings. The van der Waals surface area contributed by atoms with Gasteiger partial charge in [0.05, 0.1) is 17.4 Å². The Hall–Kier alpha value is -3.41. The van der Waals surface area contributed by atoms with E-state index >= 15 is 0 Å². The van der Waals surface area contributed by atoms with Crippen molar-refractivity contribution < 1.29 is 9.53 Å². The molecule has 0 aliphatic carbocycles. The summed E-state index contributed by atoms with van der Waals surface area (Å²) in [6.45, 7) is 6.01. The maximum atomic E-state index is 13.1. The van der Waals surface area contributed by atoms with E-state index in [1.807, 2.05) is 61.2 Å². The Morgan fingerprint density at radius 3 is 2.55 bits per heavy atom. The molecule has 6 nitrogen and oxygen atoms in total. The molecule has 0 saturated heterocycles. The highest BCUT2D eigenvalue weighted by atomic mass is 16.5. The quantitative estimate of drug-likeness (QED) is 0.692. The van der Waals surface area contributed by atoms with Crippen molar-refractivity contribution in [3.05, 3.63) is 72.1 Å². The van der Waals surface area contributed by atoms with Gasteiger partial charge in [-0.15, -0.1) is 0 Å². The Morgan fingerprint density at radius 1 is 1.10 bits per heavy atom. The summed E-state index contributed by atoms with van der Waals surface area (Å²) in [5, 5.41) is 3.17. The molecule has 6 heteroatoms. The van der Waals surface area contributed by atoms with Crippen molar-refractivity contribution in [3.63, 3.8) is 0 Å². The van der Waals surface area contributed by atoms with Gasteiger partial charge in [0.15, 0.2) is 0 Å². The molecule has 0 spiro atoms. The van der Waals surface area contributed by atoms with Gasteiger partial charge in [0.1, 0.15) is 5.75 Å². The van der Waals surface area contributed by atoms with Crippen LogP contribution in [0.2, 0.25) is 0 Å². The first-order valence-electron chi connectivity index (χ1n) is 9.79. The average molecular weight is 388 g/mol. The molecule has 3 aromatic rings. The largest absolute Gasteiger partial charge is 0.489 e. The molecule has 1 N–H and O–H groups in total. The molecule has 0 radical (unpaired) electrons. The van der Waals surface area contributed by atoms with Crippen LogP contribution in [0.4, 0.5) is 17.3 Å². The smallest absolute Gasteiger partial charge is 0.261 e. The zero-order chi connectivity index (χ0) is 20.4. The summed E-state index contributed by atoms with van der Waals surface area (Å²) in [4.78, 5) is 23.6. The maximum absolute atomic E-state index is 13.1. The highest BCUT2D eigenvalue weighted by Gasteiger charge is 2.31. The molecule has 1 aliphatic rings. The number of carbonyl (C=O) groups excluding carboxylic acids is 1. The van der Waals surface area contributed by atoms with E-state index in [1.165, 1.54) is 5.56 Å². The van der Waals surface area contributed by atoms with Crippen molar-refractivity contribution in [2.75, 3.05) is 10.2 Å². The Kier molecular flexibility index (Phi) is 5.16. The molecule has 1 aliphatic heterocycles. The summed E-state index contributed by atoms with van der Waals surface area (Å²) >= 11 is 0. The zero-order valence-corrected chi connectivity index (χ0v) is 16.8. The van der Waals surface area contributed by atoms with Gasteiger partial charge in [-0.1, -0.05) is 30.3 Å². The monoisotopic (exact) mass is 388 g/mol. The van der Waals surface area contributed by atoms with Crippen LogP contribution in [0.1, 0.15) is 36.7 Å². The van der Waals surface area contributed by atoms with Gasteiger partial charge in [0, 0.05) is 24.1 Å². The third kappa shape index (κ3) is 3.92. The normalized spacial score (nSPS) is 15.3. The molecule has 1 aromatic heterocycles. The van der Waals surface area contributed by atoms with Gasteiger partial charge in [-0.2, -0.15) is 0 Å². The van der Waals surface area contributed by atoms with Gasteiger partial charge in [-0.3, -0.25) is 4.79 Å². The first-order valence-corrected chi connectivity index (χ1v) is 9.79. The summed E-state index contributed by atoms with van der Waals surface area (Å²) in [7, 11) is 0. The van der Waals surface area contributed by atoms with Gasteiger partial charge in [-0.25, -0.2) is 9.97 Å². The molecule has 1 atom stereocenters. The lowest BCUT2D eigenvalue weighted by Crippen LogP contribution is -2.35. The highest BCUT2D eigenvalue weighted by Crippen LogP contribution is 2.33. The number of benzene rings is 2. The topological polar surface area (TPSA) is 67.3 Å². The minimum atomic E-state index is -0.0856. The minimum Gasteiger partial charge on any atom is -0.489 e. The fraction of sp³-hybridized carbons (Fsp3) is 0.261. The number of anilines is 3. The van der Waals surface area contributed by atoms with E-state index in [-0.39, 0.29) is 18.1 Å². The fourth-order valence-corrected chi connectivity index (χ4v) is 3.56. The average Bonchev–Trinajstić information content (AvgIpc) is 3.05. The van der Waals surface area contributed by atoms with Crippen molar-refractivity contribution >= 4 is 23.2 Å². The van der Waals surface area contributed by atoms with Crippen LogP contribution in [-0.2, 0) is 6.42 Å². The summed E-state index contributed by atoms with van der Waals surface area (Å²) in [5.74, 6) is 1.06. The van der Waals surface area contributed by atoms with Crippen LogP contribution < -0.4 is 15.0 Å². The number of amides is 1. The Balaban J connectivity index is 1.53. The zero-order valence-electron chi connectivity index (χ0n) is 16.8. The number of hydrogen-bond donors (Lipinski definition) is 1. The number of nitrogens with zero attached hydrogens (tertiary/aromatic N) is 3. The molecule has 2 aromatic carbocycles. The number of para-hydroxylation sites is 3. The number of ether oxygens (including phenoxy) is 1. The second kappa shape index (κ2) is 7.91. The molecule has 0 bridgehead atoms. The molecule has 29 heavy (non-hydrogen) atoms. The Labute approximate surface area is 170 Å². The van der Waals surface area contributed by atoms with Crippen LogP contribution in [0.3, 0.4) is 0 Å². The van der Waals surface area contributed by atoms with Crippen molar-refractivity contribution in [2.45, 2.75) is 39.3 Å². The van der Waals surface area contributed by atoms with E-state index in [9.17, 15) is 4.79 Å². The van der Waals surface area contributed by atoms with Gasteiger partial charge in [-0.05, 0) is 51.0 Å². The number of rotatable bonds is 5. The summed E-state index contributed by atoms with van der Waals surface area (Å²) in [6.07, 6.45) is 4.05. The van der Waals surface area contributed by atoms with E-state index in [0.717, 1.165) is 23.5 Å². The predicted octanol–water partition coefficient (Wildman–Crippen LogP) is 4.60. The van der Waals surface area contributed by atoms with Crippen LogP contribution in [0, 0.1) is 0 Å². The van der Waals surface area contributed by atoms with Crippen molar-refractivity contribution in [1.82, 2.24) is 9.97 Å². The molecular weight excluding hydrogens is 364 g/mol. The van der Waals surface area contributed by atoms with Crippen molar-refractivity contribution in [2.24, 2.45) is 0 Å². The first-order chi connectivity index (χ1) is 14.0. The van der Waals surface area contributed by atoms with Crippen LogP contribution in [0.15, 0.2) is 60.9 Å². The fourth-order valence-electron chi connectivity index (χ4n) is 3.56. The van der Waals surface area contributed by atoms with Crippen LogP contribution in [0.25, 0.3) is 0 Å². The number of hydrogen-bond acceptors (Lipinski definition) is 5. The lowest BCUT2D eigenvalue weighted by atomic mass is 10.1.